The normalized spacial score (nSPS) is 16.5. The van der Waals surface area contributed by atoms with Crippen molar-refractivity contribution in [3.63, 3.8) is 0 Å². The predicted octanol–water partition coefficient (Wildman–Crippen LogP) is 6.74. The molecule has 1 saturated carbocycles. The minimum atomic E-state index is -0.299. The summed E-state index contributed by atoms with van der Waals surface area (Å²) in [5, 5.41) is 0. The Morgan fingerprint density at radius 3 is 1.89 bits per heavy atom. The molecule has 0 aromatic heterocycles. The van der Waals surface area contributed by atoms with Crippen molar-refractivity contribution < 1.29 is 14.3 Å². The van der Waals surface area contributed by atoms with Gasteiger partial charge in [0, 0.05) is 13.2 Å². The summed E-state index contributed by atoms with van der Waals surface area (Å²) >= 11 is 0. The summed E-state index contributed by atoms with van der Waals surface area (Å²) in [5.41, 5.74) is 0. The van der Waals surface area contributed by atoms with Gasteiger partial charge in [-0.15, -0.1) is 0 Å². The van der Waals surface area contributed by atoms with Crippen LogP contribution in [0, 0.1) is 6.42 Å². The Hall–Kier alpha value is -0.410. The number of hydrogen-bond donors (Lipinski definition) is 0. The largest absolute Gasteiger partial charge is 0.378 e. The second kappa shape index (κ2) is 18.9. The molecular weight excluding hydrogens is 336 g/mol. The van der Waals surface area contributed by atoms with E-state index in [9.17, 15) is 4.79 Å². The van der Waals surface area contributed by atoms with Gasteiger partial charge in [-0.1, -0.05) is 70.6 Å². The molecule has 0 N–H and O–H groups in total. The molecule has 0 aliphatic heterocycles. The van der Waals surface area contributed by atoms with Gasteiger partial charge >= 0.3 is 0 Å². The lowest BCUT2D eigenvalue weighted by Gasteiger charge is -2.21. The smallest absolute Gasteiger partial charge is 0.229 e. The summed E-state index contributed by atoms with van der Waals surface area (Å²) in [6.45, 7) is 3.50. The number of hydrogen-bond acceptors (Lipinski definition) is 3. The van der Waals surface area contributed by atoms with Crippen LogP contribution in [0.3, 0.4) is 0 Å². The predicted molar refractivity (Wildman–Crippen MR) is 114 cm³/mol. The molecule has 1 aliphatic carbocycles. The molecule has 158 valence electrons. The fourth-order valence-corrected chi connectivity index (χ4v) is 3.89. The van der Waals surface area contributed by atoms with Gasteiger partial charge in [0.25, 0.3) is 0 Å². The SMILES string of the molecule is CCOC([C]=O)CCCCCCCCCCCCCCOC1CC[CH]CC1. The van der Waals surface area contributed by atoms with E-state index in [2.05, 4.69) is 6.42 Å². The summed E-state index contributed by atoms with van der Waals surface area (Å²) < 4.78 is 11.3. The van der Waals surface area contributed by atoms with Gasteiger partial charge < -0.3 is 9.47 Å². The maximum atomic E-state index is 10.7. The fraction of sp³-hybridized carbons (Fsp3) is 0.917. The van der Waals surface area contributed by atoms with E-state index in [1.807, 2.05) is 13.2 Å². The van der Waals surface area contributed by atoms with E-state index in [1.165, 1.54) is 96.3 Å². The van der Waals surface area contributed by atoms with Gasteiger partial charge in [0.2, 0.25) is 6.29 Å². The molecule has 1 fully saturated rings. The highest BCUT2D eigenvalue weighted by molar-refractivity contribution is 5.56. The van der Waals surface area contributed by atoms with Gasteiger partial charge in [0.15, 0.2) is 0 Å². The number of carbonyl (C=O) groups excluding carboxylic acids is 1. The van der Waals surface area contributed by atoms with Crippen molar-refractivity contribution in [2.75, 3.05) is 13.2 Å². The first-order chi connectivity index (χ1) is 13.4. The second-order valence-corrected chi connectivity index (χ2v) is 8.03. The molecule has 1 unspecified atom stereocenters. The number of ether oxygens (including phenoxy) is 2. The van der Waals surface area contributed by atoms with Crippen LogP contribution in [-0.4, -0.2) is 31.7 Å². The molecule has 0 aromatic rings. The molecule has 0 bridgehead atoms. The molecule has 0 saturated heterocycles. The van der Waals surface area contributed by atoms with Crippen molar-refractivity contribution in [3.05, 3.63) is 6.42 Å². The minimum absolute atomic E-state index is 0.299. The van der Waals surface area contributed by atoms with Crippen molar-refractivity contribution in [2.45, 2.75) is 128 Å². The lowest BCUT2D eigenvalue weighted by Crippen LogP contribution is -2.17. The summed E-state index contributed by atoms with van der Waals surface area (Å²) in [4.78, 5) is 10.7. The molecule has 0 heterocycles. The molecule has 3 nitrogen and oxygen atoms in total. The lowest BCUT2D eigenvalue weighted by molar-refractivity contribution is 0.0326. The first kappa shape index (κ1) is 24.6. The zero-order chi connectivity index (χ0) is 19.4. The molecule has 3 heteroatoms. The Labute approximate surface area is 169 Å². The van der Waals surface area contributed by atoms with E-state index in [0.717, 1.165) is 19.4 Å². The maximum Gasteiger partial charge on any atom is 0.229 e. The van der Waals surface area contributed by atoms with Crippen LogP contribution < -0.4 is 0 Å². The summed E-state index contributed by atoms with van der Waals surface area (Å²) in [5.74, 6) is 0. The third-order valence-corrected chi connectivity index (χ3v) is 5.60. The van der Waals surface area contributed by atoms with Crippen LogP contribution in [0.2, 0.25) is 0 Å². The lowest BCUT2D eigenvalue weighted by atomic mass is 9.98. The average Bonchev–Trinajstić information content (AvgIpc) is 2.70. The third kappa shape index (κ3) is 15.2. The molecular formula is C24H44O3. The minimum Gasteiger partial charge on any atom is -0.378 e. The van der Waals surface area contributed by atoms with Crippen molar-refractivity contribution in [1.29, 1.82) is 0 Å². The van der Waals surface area contributed by atoms with Gasteiger partial charge in [-0.2, -0.15) is 0 Å². The molecule has 1 rings (SSSR count). The Kier molecular flexibility index (Phi) is 17.3. The number of unbranched alkanes of at least 4 members (excludes halogenated alkanes) is 11. The first-order valence-electron chi connectivity index (χ1n) is 11.8. The molecule has 1 atom stereocenters. The van der Waals surface area contributed by atoms with E-state index in [1.54, 1.807) is 0 Å². The quantitative estimate of drug-likeness (QED) is 0.233. The van der Waals surface area contributed by atoms with E-state index in [4.69, 9.17) is 9.47 Å². The highest BCUT2D eigenvalue weighted by Gasteiger charge is 2.13. The van der Waals surface area contributed by atoms with E-state index < -0.39 is 0 Å². The van der Waals surface area contributed by atoms with Crippen LogP contribution >= 0.6 is 0 Å². The van der Waals surface area contributed by atoms with Crippen LogP contribution in [0.4, 0.5) is 0 Å². The Morgan fingerprint density at radius 1 is 0.852 bits per heavy atom. The van der Waals surface area contributed by atoms with Crippen molar-refractivity contribution in [1.82, 2.24) is 0 Å². The topological polar surface area (TPSA) is 35.5 Å². The van der Waals surface area contributed by atoms with E-state index >= 15 is 0 Å². The number of rotatable bonds is 19. The van der Waals surface area contributed by atoms with Crippen LogP contribution in [0.15, 0.2) is 0 Å². The van der Waals surface area contributed by atoms with Gasteiger partial charge in [-0.3, -0.25) is 4.79 Å². The Bertz CT molecular complexity index is 313. The second-order valence-electron chi connectivity index (χ2n) is 8.03. The zero-order valence-corrected chi connectivity index (χ0v) is 17.9. The average molecular weight is 381 g/mol. The van der Waals surface area contributed by atoms with Gasteiger partial charge in [-0.25, -0.2) is 0 Å². The fourth-order valence-electron chi connectivity index (χ4n) is 3.89. The zero-order valence-electron chi connectivity index (χ0n) is 17.9. The van der Waals surface area contributed by atoms with Crippen LogP contribution in [0.5, 0.6) is 0 Å². The standard InChI is InChI=1S/C24H44O3/c1-2-26-24(22-25)20-14-11-9-7-5-3-4-6-8-10-12-17-21-27-23-18-15-13-16-19-23/h13,23-24H,2-12,14-21H2,1H3. The highest BCUT2D eigenvalue weighted by atomic mass is 16.5. The molecule has 2 radical (unpaired) electrons. The molecule has 27 heavy (non-hydrogen) atoms. The van der Waals surface area contributed by atoms with Crippen molar-refractivity contribution in [2.24, 2.45) is 0 Å². The van der Waals surface area contributed by atoms with Crippen LogP contribution in [-0.2, 0) is 14.3 Å². The first-order valence-corrected chi connectivity index (χ1v) is 11.8. The summed E-state index contributed by atoms with van der Waals surface area (Å²) in [6, 6.07) is 0. The monoisotopic (exact) mass is 380 g/mol. The van der Waals surface area contributed by atoms with Gasteiger partial charge in [0.05, 0.1) is 6.10 Å². The molecule has 1 aliphatic rings. The molecule has 0 spiro atoms. The Balaban J connectivity index is 1.71. The van der Waals surface area contributed by atoms with Gasteiger partial charge in [-0.05, 0) is 51.9 Å². The van der Waals surface area contributed by atoms with Crippen LogP contribution in [0.1, 0.15) is 116 Å². The summed E-state index contributed by atoms with van der Waals surface area (Å²) in [7, 11) is 0. The third-order valence-electron chi connectivity index (χ3n) is 5.60. The highest BCUT2D eigenvalue weighted by Crippen LogP contribution is 2.20. The van der Waals surface area contributed by atoms with Crippen LogP contribution in [0.25, 0.3) is 0 Å². The summed E-state index contributed by atoms with van der Waals surface area (Å²) in [6.07, 6.45) is 26.2. The van der Waals surface area contributed by atoms with E-state index in [0.29, 0.717) is 12.7 Å². The van der Waals surface area contributed by atoms with Crippen molar-refractivity contribution >= 4 is 6.29 Å². The molecule has 0 aromatic carbocycles. The van der Waals surface area contributed by atoms with Gasteiger partial charge in [0.1, 0.15) is 6.10 Å². The van der Waals surface area contributed by atoms with E-state index in [-0.39, 0.29) is 6.10 Å². The maximum absolute atomic E-state index is 10.7. The Morgan fingerprint density at radius 2 is 1.37 bits per heavy atom. The molecule has 0 amide bonds. The van der Waals surface area contributed by atoms with Crippen molar-refractivity contribution in [3.8, 4) is 0 Å².